The van der Waals surface area contributed by atoms with Crippen LogP contribution in [0, 0.1) is 12.7 Å². The van der Waals surface area contributed by atoms with Gasteiger partial charge in [-0.25, -0.2) is 13.9 Å². The first kappa shape index (κ1) is 14.6. The third-order valence-electron chi connectivity index (χ3n) is 3.85. The Labute approximate surface area is 128 Å². The van der Waals surface area contributed by atoms with Gasteiger partial charge in [-0.1, -0.05) is 18.9 Å². The summed E-state index contributed by atoms with van der Waals surface area (Å²) >= 11 is 0. The molecule has 5 nitrogen and oxygen atoms in total. The van der Waals surface area contributed by atoms with E-state index in [0.717, 1.165) is 18.5 Å². The van der Waals surface area contributed by atoms with Gasteiger partial charge in [0.2, 0.25) is 0 Å². The van der Waals surface area contributed by atoms with Gasteiger partial charge in [-0.3, -0.25) is 5.32 Å². The highest BCUT2D eigenvalue weighted by Crippen LogP contribution is 2.31. The number of aromatic nitrogens is 2. The summed E-state index contributed by atoms with van der Waals surface area (Å²) in [4.78, 5) is 12.1. The van der Waals surface area contributed by atoms with Crippen LogP contribution in [0.1, 0.15) is 37.4 Å². The third-order valence-corrected chi connectivity index (χ3v) is 3.85. The molecule has 0 spiro atoms. The summed E-state index contributed by atoms with van der Waals surface area (Å²) in [6.45, 7) is 1.90. The molecule has 1 aromatic heterocycles. The van der Waals surface area contributed by atoms with Gasteiger partial charge in [0.25, 0.3) is 0 Å². The Morgan fingerprint density at radius 2 is 2.05 bits per heavy atom. The second-order valence-corrected chi connectivity index (χ2v) is 5.64. The van der Waals surface area contributed by atoms with Crippen LogP contribution in [0.5, 0.6) is 0 Å². The molecule has 3 rings (SSSR count). The topological polar surface area (TPSA) is 59.0 Å². The van der Waals surface area contributed by atoms with Crippen LogP contribution in [0.3, 0.4) is 0 Å². The number of nitrogens with zero attached hydrogens (tertiary/aromatic N) is 2. The van der Waals surface area contributed by atoms with Gasteiger partial charge >= 0.3 is 6.03 Å². The van der Waals surface area contributed by atoms with Gasteiger partial charge in [-0.15, -0.1) is 0 Å². The first-order valence-corrected chi connectivity index (χ1v) is 7.51. The molecule has 0 unspecified atom stereocenters. The summed E-state index contributed by atoms with van der Waals surface area (Å²) < 4.78 is 15.0. The van der Waals surface area contributed by atoms with Crippen LogP contribution < -0.4 is 10.6 Å². The highest BCUT2D eigenvalue weighted by Gasteiger charge is 2.21. The van der Waals surface area contributed by atoms with E-state index < -0.39 is 6.03 Å². The number of rotatable bonds is 3. The fraction of sp³-hybridized carbons (Fsp3) is 0.375. The lowest BCUT2D eigenvalue weighted by atomic mass is 10.2. The molecule has 1 saturated carbocycles. The Hall–Kier alpha value is -2.37. The molecule has 6 heteroatoms. The lowest BCUT2D eigenvalue weighted by Gasteiger charge is -2.15. The van der Waals surface area contributed by atoms with Gasteiger partial charge in [0.1, 0.15) is 11.6 Å². The number of urea groups is 1. The van der Waals surface area contributed by atoms with E-state index in [-0.39, 0.29) is 5.82 Å². The summed E-state index contributed by atoms with van der Waals surface area (Å²) in [7, 11) is 0. The number of hydrogen-bond donors (Lipinski definition) is 2. The van der Waals surface area contributed by atoms with E-state index in [1.54, 1.807) is 12.1 Å². The Bertz CT molecular complexity index is 677. The maximum atomic E-state index is 13.1. The van der Waals surface area contributed by atoms with Crippen molar-refractivity contribution in [2.75, 3.05) is 10.6 Å². The Balaban J connectivity index is 1.71. The average molecular weight is 302 g/mol. The van der Waals surface area contributed by atoms with Crippen molar-refractivity contribution in [1.82, 2.24) is 9.78 Å². The van der Waals surface area contributed by atoms with Gasteiger partial charge in [-0.05, 0) is 38.0 Å². The van der Waals surface area contributed by atoms with Gasteiger partial charge in [0.05, 0.1) is 11.7 Å². The number of hydrogen-bond acceptors (Lipinski definition) is 2. The summed E-state index contributed by atoms with van der Waals surface area (Å²) in [6.07, 6.45) is 4.56. The maximum absolute atomic E-state index is 13.1. The molecule has 0 aliphatic heterocycles. The Morgan fingerprint density at radius 3 is 2.77 bits per heavy atom. The maximum Gasteiger partial charge on any atom is 0.324 e. The zero-order chi connectivity index (χ0) is 15.5. The molecule has 1 heterocycles. The summed E-state index contributed by atoms with van der Waals surface area (Å²) in [5, 5.41) is 9.91. The number of halogens is 1. The van der Waals surface area contributed by atoms with Crippen LogP contribution in [0.2, 0.25) is 0 Å². The molecule has 0 radical (unpaired) electrons. The Kier molecular flexibility index (Phi) is 4.09. The predicted molar refractivity (Wildman–Crippen MR) is 83.5 cm³/mol. The lowest BCUT2D eigenvalue weighted by molar-refractivity contribution is 0.262. The molecule has 2 aromatic rings. The molecule has 1 aliphatic rings. The highest BCUT2D eigenvalue weighted by atomic mass is 19.1. The first-order chi connectivity index (χ1) is 10.6. The number of aryl methyl sites for hydroxylation is 1. The minimum Gasteiger partial charge on any atom is -0.308 e. The largest absolute Gasteiger partial charge is 0.324 e. The van der Waals surface area contributed by atoms with Crippen molar-refractivity contribution in [2.24, 2.45) is 0 Å². The van der Waals surface area contributed by atoms with Crippen molar-refractivity contribution >= 4 is 17.5 Å². The monoisotopic (exact) mass is 302 g/mol. The molecule has 116 valence electrons. The molecule has 1 aliphatic carbocycles. The summed E-state index contributed by atoms with van der Waals surface area (Å²) in [6, 6.07) is 7.60. The highest BCUT2D eigenvalue weighted by molar-refractivity contribution is 5.99. The Morgan fingerprint density at radius 1 is 1.27 bits per heavy atom. The van der Waals surface area contributed by atoms with Gasteiger partial charge in [-0.2, -0.15) is 5.10 Å². The van der Waals surface area contributed by atoms with Crippen molar-refractivity contribution in [1.29, 1.82) is 0 Å². The zero-order valence-electron chi connectivity index (χ0n) is 12.5. The second-order valence-electron chi connectivity index (χ2n) is 5.64. The molecule has 0 bridgehead atoms. The van der Waals surface area contributed by atoms with Crippen LogP contribution >= 0.6 is 0 Å². The van der Waals surface area contributed by atoms with E-state index in [9.17, 15) is 9.18 Å². The van der Waals surface area contributed by atoms with E-state index in [0.29, 0.717) is 17.5 Å². The van der Waals surface area contributed by atoms with Crippen LogP contribution in [0.15, 0.2) is 30.3 Å². The molecular formula is C16H19FN4O. The van der Waals surface area contributed by atoms with Crippen LogP contribution in [0.25, 0.3) is 0 Å². The van der Waals surface area contributed by atoms with Gasteiger partial charge < -0.3 is 5.32 Å². The van der Waals surface area contributed by atoms with Gasteiger partial charge in [0, 0.05) is 11.8 Å². The van der Waals surface area contributed by atoms with Crippen molar-refractivity contribution in [3.63, 3.8) is 0 Å². The summed E-state index contributed by atoms with van der Waals surface area (Å²) in [5.74, 6) is 0.294. The molecule has 1 fully saturated rings. The standard InChI is InChI=1S/C16H19FN4O/c1-11-9-15(21(20-11)14-7-2-3-8-14)19-16(22)18-13-6-4-5-12(17)10-13/h4-6,9-10,14H,2-3,7-8H2,1H3,(H2,18,19,22). The number of carbonyl (C=O) groups is 1. The van der Waals surface area contributed by atoms with E-state index in [2.05, 4.69) is 15.7 Å². The predicted octanol–water partition coefficient (Wildman–Crippen LogP) is 4.09. The van der Waals surface area contributed by atoms with Crippen LogP contribution in [-0.2, 0) is 0 Å². The minimum absolute atomic E-state index is 0.346. The molecule has 0 atom stereocenters. The van der Waals surface area contributed by atoms with E-state index in [1.807, 2.05) is 17.7 Å². The van der Waals surface area contributed by atoms with Crippen molar-refractivity contribution in [2.45, 2.75) is 38.6 Å². The number of benzene rings is 1. The quantitative estimate of drug-likeness (QED) is 0.897. The van der Waals surface area contributed by atoms with Crippen molar-refractivity contribution < 1.29 is 9.18 Å². The van der Waals surface area contributed by atoms with Crippen LogP contribution in [-0.4, -0.2) is 15.8 Å². The molecular weight excluding hydrogens is 283 g/mol. The number of carbonyl (C=O) groups excluding carboxylic acids is 1. The first-order valence-electron chi connectivity index (χ1n) is 7.51. The van der Waals surface area contributed by atoms with E-state index in [4.69, 9.17) is 0 Å². The van der Waals surface area contributed by atoms with E-state index in [1.165, 1.54) is 25.0 Å². The number of amides is 2. The smallest absolute Gasteiger partial charge is 0.308 e. The second kappa shape index (κ2) is 6.17. The SMILES string of the molecule is Cc1cc(NC(=O)Nc2cccc(F)c2)n(C2CCCC2)n1. The molecule has 2 amide bonds. The zero-order valence-corrected chi connectivity index (χ0v) is 12.5. The molecule has 22 heavy (non-hydrogen) atoms. The minimum atomic E-state index is -0.398. The normalized spacial score (nSPS) is 15.0. The fourth-order valence-corrected chi connectivity index (χ4v) is 2.88. The van der Waals surface area contributed by atoms with E-state index >= 15 is 0 Å². The van der Waals surface area contributed by atoms with Crippen LogP contribution in [0.4, 0.5) is 20.7 Å². The molecule has 0 saturated heterocycles. The number of anilines is 2. The summed E-state index contributed by atoms with van der Waals surface area (Å²) in [5.41, 5.74) is 1.29. The lowest BCUT2D eigenvalue weighted by Crippen LogP contribution is -2.22. The van der Waals surface area contributed by atoms with Crippen molar-refractivity contribution in [3.8, 4) is 0 Å². The molecule has 1 aromatic carbocycles. The fourth-order valence-electron chi connectivity index (χ4n) is 2.88. The van der Waals surface area contributed by atoms with Crippen molar-refractivity contribution in [3.05, 3.63) is 41.8 Å². The third kappa shape index (κ3) is 3.27. The number of nitrogens with one attached hydrogen (secondary N) is 2. The average Bonchev–Trinajstić information content (AvgIpc) is 3.08. The van der Waals surface area contributed by atoms with Gasteiger partial charge in [0.15, 0.2) is 0 Å². The molecule has 2 N–H and O–H groups in total.